The fourth-order valence-electron chi connectivity index (χ4n) is 3.66. The van der Waals surface area contributed by atoms with Gasteiger partial charge in [0.05, 0.1) is 12.1 Å². The lowest BCUT2D eigenvalue weighted by atomic mass is 10.1. The normalized spacial score (nSPS) is 16.2. The van der Waals surface area contributed by atoms with Crippen LogP contribution in [0.1, 0.15) is 37.4 Å². The van der Waals surface area contributed by atoms with Gasteiger partial charge < -0.3 is 15.3 Å². The molecule has 0 aliphatic carbocycles. The number of aliphatic carboxylic acids is 1. The van der Waals surface area contributed by atoms with Crippen LogP contribution >= 0.6 is 11.3 Å². The second-order valence-electron chi connectivity index (χ2n) is 8.20. The van der Waals surface area contributed by atoms with Crippen LogP contribution in [0.2, 0.25) is 0 Å². The van der Waals surface area contributed by atoms with Crippen molar-refractivity contribution in [3.8, 4) is 10.6 Å². The molecule has 1 aromatic heterocycles. The Bertz CT molecular complexity index is 877. The number of likely N-dealkylation sites (N-methyl/N-ethyl adjacent to an activating group) is 1. The van der Waals surface area contributed by atoms with E-state index in [1.165, 1.54) is 16.9 Å². The Morgan fingerprint density at radius 2 is 2.03 bits per heavy atom. The zero-order valence-corrected chi connectivity index (χ0v) is 19.2. The number of aromatic nitrogens is 1. The van der Waals surface area contributed by atoms with Crippen molar-refractivity contribution in [1.82, 2.24) is 20.1 Å². The minimum Gasteiger partial charge on any atom is -0.480 e. The Hall–Kier alpha value is -2.29. The summed E-state index contributed by atoms with van der Waals surface area (Å²) in [5.74, 6) is -1.29. The first-order valence-corrected chi connectivity index (χ1v) is 11.8. The van der Waals surface area contributed by atoms with Crippen LogP contribution in [0.5, 0.6) is 0 Å². The smallest absolute Gasteiger partial charge is 0.326 e. The van der Waals surface area contributed by atoms with Crippen LogP contribution in [0.15, 0.2) is 29.6 Å². The van der Waals surface area contributed by atoms with Crippen molar-refractivity contribution in [2.45, 2.75) is 45.2 Å². The molecule has 8 heteroatoms. The molecule has 0 bridgehead atoms. The number of amides is 1. The van der Waals surface area contributed by atoms with Crippen molar-refractivity contribution in [2.24, 2.45) is 0 Å². The fourth-order valence-corrected chi connectivity index (χ4v) is 4.48. The molecule has 1 atom stereocenters. The Morgan fingerprint density at radius 3 is 2.74 bits per heavy atom. The molecule has 1 amide bonds. The Kier molecular flexibility index (Phi) is 8.57. The van der Waals surface area contributed by atoms with Crippen molar-refractivity contribution in [3.63, 3.8) is 0 Å². The standard InChI is InChI=1S/C23H32N4O3S/c1-3-4-8-20(23(29)30)25-21(28)14-19-16-31-22(24-19)18-7-5-6-17(13-18)15-27-11-9-26(2)10-12-27/h5-7,13,16,20H,3-4,8-12,14-15H2,1-2H3,(H,25,28)(H,29,30). The number of thiazole rings is 1. The van der Waals surface area contributed by atoms with Crippen LogP contribution in [0.25, 0.3) is 10.6 Å². The Labute approximate surface area is 188 Å². The molecule has 1 aliphatic heterocycles. The van der Waals surface area contributed by atoms with Crippen molar-refractivity contribution >= 4 is 23.2 Å². The van der Waals surface area contributed by atoms with E-state index in [2.05, 4.69) is 45.3 Å². The number of carboxylic acid groups (broad SMARTS) is 1. The molecule has 1 unspecified atom stereocenters. The van der Waals surface area contributed by atoms with Crippen molar-refractivity contribution < 1.29 is 14.7 Å². The lowest BCUT2D eigenvalue weighted by Gasteiger charge is -2.32. The number of carboxylic acids is 1. The van der Waals surface area contributed by atoms with E-state index < -0.39 is 12.0 Å². The molecule has 0 radical (unpaired) electrons. The summed E-state index contributed by atoms with van der Waals surface area (Å²) < 4.78 is 0. The van der Waals surface area contributed by atoms with Gasteiger partial charge in [0.25, 0.3) is 0 Å². The van der Waals surface area contributed by atoms with Crippen molar-refractivity contribution in [2.75, 3.05) is 33.2 Å². The molecule has 31 heavy (non-hydrogen) atoms. The van der Waals surface area contributed by atoms with Gasteiger partial charge in [-0.3, -0.25) is 9.69 Å². The zero-order chi connectivity index (χ0) is 22.2. The number of benzene rings is 1. The summed E-state index contributed by atoms with van der Waals surface area (Å²) in [5, 5.41) is 14.7. The first-order chi connectivity index (χ1) is 14.9. The van der Waals surface area contributed by atoms with E-state index in [4.69, 9.17) is 0 Å². The van der Waals surface area contributed by atoms with Gasteiger partial charge in [-0.1, -0.05) is 38.0 Å². The van der Waals surface area contributed by atoms with Gasteiger partial charge in [0, 0.05) is 43.7 Å². The van der Waals surface area contributed by atoms with E-state index in [-0.39, 0.29) is 12.3 Å². The molecule has 1 aromatic carbocycles. The summed E-state index contributed by atoms with van der Waals surface area (Å²) in [6, 6.07) is 7.58. The number of nitrogens with zero attached hydrogens (tertiary/aromatic N) is 3. The van der Waals surface area contributed by atoms with Crippen LogP contribution < -0.4 is 5.32 Å². The summed E-state index contributed by atoms with van der Waals surface area (Å²) >= 11 is 1.51. The topological polar surface area (TPSA) is 85.8 Å². The molecule has 7 nitrogen and oxygen atoms in total. The van der Waals surface area contributed by atoms with E-state index in [1.54, 1.807) is 0 Å². The summed E-state index contributed by atoms with van der Waals surface area (Å²) in [5.41, 5.74) is 2.98. The maximum atomic E-state index is 12.3. The minimum atomic E-state index is -0.988. The number of unbranched alkanes of at least 4 members (excludes halogenated alkanes) is 1. The van der Waals surface area contributed by atoms with Gasteiger partial charge in [0.15, 0.2) is 0 Å². The quantitative estimate of drug-likeness (QED) is 0.586. The van der Waals surface area contributed by atoms with Gasteiger partial charge in [0.2, 0.25) is 5.91 Å². The summed E-state index contributed by atoms with van der Waals surface area (Å²) in [6.07, 6.45) is 2.19. The maximum Gasteiger partial charge on any atom is 0.326 e. The van der Waals surface area contributed by atoms with Gasteiger partial charge in [-0.15, -0.1) is 11.3 Å². The lowest BCUT2D eigenvalue weighted by molar-refractivity contribution is -0.142. The van der Waals surface area contributed by atoms with Gasteiger partial charge >= 0.3 is 5.97 Å². The molecule has 0 spiro atoms. The molecule has 1 aliphatic rings. The second kappa shape index (κ2) is 11.4. The predicted molar refractivity (Wildman–Crippen MR) is 123 cm³/mol. The molecule has 2 aromatic rings. The number of carbonyl (C=O) groups is 2. The highest BCUT2D eigenvalue weighted by molar-refractivity contribution is 7.13. The number of rotatable bonds is 10. The first kappa shape index (κ1) is 23.4. The second-order valence-corrected chi connectivity index (χ2v) is 9.06. The molecule has 3 rings (SSSR count). The molecule has 2 heterocycles. The van der Waals surface area contributed by atoms with Gasteiger partial charge in [-0.2, -0.15) is 0 Å². The third-order valence-corrected chi connectivity index (χ3v) is 6.49. The summed E-state index contributed by atoms with van der Waals surface area (Å²) in [4.78, 5) is 33.1. The predicted octanol–water partition coefficient (Wildman–Crippen LogP) is 2.86. The number of nitrogens with one attached hydrogen (secondary N) is 1. The molecule has 0 saturated carbocycles. The Balaban J connectivity index is 1.58. The van der Waals surface area contributed by atoms with Crippen LogP contribution in [-0.4, -0.2) is 71.0 Å². The lowest BCUT2D eigenvalue weighted by Crippen LogP contribution is -2.43. The third kappa shape index (κ3) is 7.12. The van der Waals surface area contributed by atoms with Crippen LogP contribution in [-0.2, 0) is 22.6 Å². The van der Waals surface area contributed by atoms with Crippen molar-refractivity contribution in [3.05, 3.63) is 40.9 Å². The minimum absolute atomic E-state index is 0.0907. The number of carbonyl (C=O) groups excluding carboxylic acids is 1. The molecular weight excluding hydrogens is 412 g/mol. The molecule has 1 saturated heterocycles. The third-order valence-electron chi connectivity index (χ3n) is 5.55. The van der Waals surface area contributed by atoms with Crippen LogP contribution in [0.3, 0.4) is 0 Å². The van der Waals surface area contributed by atoms with Crippen LogP contribution in [0, 0.1) is 0 Å². The fraction of sp³-hybridized carbons (Fsp3) is 0.522. The van der Waals surface area contributed by atoms with Gasteiger partial charge in [0.1, 0.15) is 11.0 Å². The highest BCUT2D eigenvalue weighted by Crippen LogP contribution is 2.25. The maximum absolute atomic E-state index is 12.3. The molecular formula is C23H32N4O3S. The van der Waals surface area contributed by atoms with E-state index in [0.29, 0.717) is 12.1 Å². The average Bonchev–Trinajstić information content (AvgIpc) is 3.21. The van der Waals surface area contributed by atoms with Crippen LogP contribution in [0.4, 0.5) is 0 Å². The molecule has 1 fully saturated rings. The van der Waals surface area contributed by atoms with Gasteiger partial charge in [-0.05, 0) is 25.1 Å². The van der Waals surface area contributed by atoms with Gasteiger partial charge in [-0.25, -0.2) is 9.78 Å². The summed E-state index contributed by atoms with van der Waals surface area (Å²) in [6.45, 7) is 7.27. The number of hydrogen-bond donors (Lipinski definition) is 2. The number of hydrogen-bond acceptors (Lipinski definition) is 6. The van der Waals surface area contributed by atoms with E-state index in [9.17, 15) is 14.7 Å². The molecule has 168 valence electrons. The Morgan fingerprint density at radius 1 is 1.26 bits per heavy atom. The first-order valence-electron chi connectivity index (χ1n) is 10.9. The number of piperazine rings is 1. The van der Waals surface area contributed by atoms with E-state index in [0.717, 1.165) is 56.1 Å². The van der Waals surface area contributed by atoms with E-state index in [1.807, 2.05) is 18.4 Å². The molecule has 2 N–H and O–H groups in total. The average molecular weight is 445 g/mol. The van der Waals surface area contributed by atoms with Crippen molar-refractivity contribution in [1.29, 1.82) is 0 Å². The SMILES string of the molecule is CCCCC(NC(=O)Cc1csc(-c2cccc(CN3CCN(C)CC3)c2)n1)C(=O)O. The highest BCUT2D eigenvalue weighted by Gasteiger charge is 2.20. The zero-order valence-electron chi connectivity index (χ0n) is 18.3. The summed E-state index contributed by atoms with van der Waals surface area (Å²) in [7, 11) is 2.16. The largest absolute Gasteiger partial charge is 0.480 e. The monoisotopic (exact) mass is 444 g/mol. The highest BCUT2D eigenvalue weighted by atomic mass is 32.1. The van der Waals surface area contributed by atoms with E-state index >= 15 is 0 Å².